The minimum absolute atomic E-state index is 0.00744. The number of carboxylic acid groups (broad SMARTS) is 1. The predicted molar refractivity (Wildman–Crippen MR) is 71.8 cm³/mol. The van der Waals surface area contributed by atoms with Gasteiger partial charge in [-0.2, -0.15) is 0 Å². The van der Waals surface area contributed by atoms with E-state index in [1.165, 1.54) is 26.2 Å². The van der Waals surface area contributed by atoms with Crippen molar-refractivity contribution in [2.75, 3.05) is 7.11 Å². The van der Waals surface area contributed by atoms with E-state index in [9.17, 15) is 13.2 Å². The molecule has 0 bridgehead atoms. The molecule has 0 saturated heterocycles. The molecule has 0 saturated carbocycles. The largest absolute Gasteiger partial charge is 0.494 e. The summed E-state index contributed by atoms with van der Waals surface area (Å²) in [5.41, 5.74) is -0.301. The van der Waals surface area contributed by atoms with Gasteiger partial charge in [0.25, 0.3) is 0 Å². The molecule has 1 atom stereocenters. The number of halogens is 1. The third-order valence-electron chi connectivity index (χ3n) is 2.58. The molecular formula is C12H13ClO5S. The summed E-state index contributed by atoms with van der Waals surface area (Å²) in [4.78, 5) is 10.8. The molecule has 1 aromatic rings. The Kier molecular flexibility index (Phi) is 4.60. The van der Waals surface area contributed by atoms with E-state index < -0.39 is 21.1 Å². The first-order chi connectivity index (χ1) is 8.75. The van der Waals surface area contributed by atoms with E-state index in [-0.39, 0.29) is 21.2 Å². The number of sulfone groups is 1. The maximum absolute atomic E-state index is 12.3. The van der Waals surface area contributed by atoms with Crippen LogP contribution in [0.5, 0.6) is 5.75 Å². The zero-order chi connectivity index (χ0) is 14.8. The molecule has 0 aromatic heterocycles. The normalized spacial score (nSPS) is 12.8. The van der Waals surface area contributed by atoms with Gasteiger partial charge in [-0.25, -0.2) is 13.2 Å². The molecule has 104 valence electrons. The molecule has 0 aliphatic rings. The number of hydrogen-bond acceptors (Lipinski definition) is 4. The molecule has 1 unspecified atom stereocenters. The van der Waals surface area contributed by atoms with Crippen molar-refractivity contribution in [3.63, 3.8) is 0 Å². The molecule has 1 rings (SSSR count). The Hall–Kier alpha value is -1.53. The Bertz CT molecular complexity index is 621. The number of ether oxygens (including phenoxy) is 1. The number of hydrogen-bond donors (Lipinski definition) is 1. The first-order valence-corrected chi connectivity index (χ1v) is 7.15. The Morgan fingerprint density at radius 3 is 2.53 bits per heavy atom. The average molecular weight is 305 g/mol. The van der Waals surface area contributed by atoms with Gasteiger partial charge in [-0.15, -0.1) is 6.58 Å². The molecule has 0 aliphatic carbocycles. The standard InChI is InChI=1S/C12H13ClO5S/c1-4-7(2)19(16,17)10-6-8(13)5-9(12(14)15)11(10)18-3/h4-7H,1H2,2-3H3,(H,14,15). The lowest BCUT2D eigenvalue weighted by Crippen LogP contribution is -2.17. The molecular weight excluding hydrogens is 292 g/mol. The highest BCUT2D eigenvalue weighted by Crippen LogP contribution is 2.34. The summed E-state index contributed by atoms with van der Waals surface area (Å²) in [6.07, 6.45) is 1.25. The van der Waals surface area contributed by atoms with Crippen LogP contribution in [0.1, 0.15) is 17.3 Å². The Morgan fingerprint density at radius 2 is 2.11 bits per heavy atom. The van der Waals surface area contributed by atoms with Crippen LogP contribution in [0.3, 0.4) is 0 Å². The van der Waals surface area contributed by atoms with Crippen LogP contribution < -0.4 is 4.74 Å². The predicted octanol–water partition coefficient (Wildman–Crippen LogP) is 2.40. The highest BCUT2D eigenvalue weighted by molar-refractivity contribution is 7.92. The molecule has 0 fully saturated rings. The van der Waals surface area contributed by atoms with Crippen LogP contribution in [0.4, 0.5) is 0 Å². The number of methoxy groups -OCH3 is 1. The van der Waals surface area contributed by atoms with Gasteiger partial charge in [0.2, 0.25) is 0 Å². The lowest BCUT2D eigenvalue weighted by Gasteiger charge is -2.15. The third kappa shape index (κ3) is 2.90. The highest BCUT2D eigenvalue weighted by atomic mass is 35.5. The number of carbonyl (C=O) groups is 1. The molecule has 0 radical (unpaired) electrons. The van der Waals surface area contributed by atoms with Crippen molar-refractivity contribution in [1.82, 2.24) is 0 Å². The molecule has 0 aliphatic heterocycles. The molecule has 0 heterocycles. The second-order valence-corrected chi connectivity index (χ2v) is 6.49. The van der Waals surface area contributed by atoms with E-state index in [4.69, 9.17) is 21.4 Å². The van der Waals surface area contributed by atoms with Crippen molar-refractivity contribution >= 4 is 27.4 Å². The van der Waals surface area contributed by atoms with Crippen LogP contribution in [0.25, 0.3) is 0 Å². The minimum Gasteiger partial charge on any atom is -0.494 e. The SMILES string of the molecule is C=CC(C)S(=O)(=O)c1cc(Cl)cc(C(=O)O)c1OC. The van der Waals surface area contributed by atoms with Crippen molar-refractivity contribution in [3.8, 4) is 5.75 Å². The van der Waals surface area contributed by atoms with Gasteiger partial charge in [-0.3, -0.25) is 0 Å². The van der Waals surface area contributed by atoms with Gasteiger partial charge in [-0.05, 0) is 19.1 Å². The second-order valence-electron chi connectivity index (χ2n) is 3.78. The van der Waals surface area contributed by atoms with Gasteiger partial charge in [0.05, 0.1) is 12.4 Å². The summed E-state index contributed by atoms with van der Waals surface area (Å²) in [5.74, 6) is -1.55. The van der Waals surface area contributed by atoms with Crippen molar-refractivity contribution in [3.05, 3.63) is 35.4 Å². The maximum atomic E-state index is 12.3. The van der Waals surface area contributed by atoms with Crippen LogP contribution >= 0.6 is 11.6 Å². The van der Waals surface area contributed by atoms with Gasteiger partial charge < -0.3 is 9.84 Å². The maximum Gasteiger partial charge on any atom is 0.339 e. The van der Waals surface area contributed by atoms with Gasteiger partial charge in [0.1, 0.15) is 10.5 Å². The summed E-state index contributed by atoms with van der Waals surface area (Å²) in [7, 11) is -2.60. The fourth-order valence-electron chi connectivity index (χ4n) is 1.48. The second kappa shape index (κ2) is 5.63. The molecule has 0 amide bonds. The van der Waals surface area contributed by atoms with E-state index >= 15 is 0 Å². The Labute approximate surface area is 116 Å². The summed E-state index contributed by atoms with van der Waals surface area (Å²) in [6.45, 7) is 4.85. The Morgan fingerprint density at radius 1 is 1.53 bits per heavy atom. The van der Waals surface area contributed by atoms with E-state index in [0.717, 1.165) is 6.07 Å². The summed E-state index contributed by atoms with van der Waals surface area (Å²) in [5, 5.41) is 8.17. The highest BCUT2D eigenvalue weighted by Gasteiger charge is 2.28. The third-order valence-corrected chi connectivity index (χ3v) is 4.89. The van der Waals surface area contributed by atoms with Gasteiger partial charge in [0.15, 0.2) is 15.6 Å². The lowest BCUT2D eigenvalue weighted by molar-refractivity contribution is 0.0693. The van der Waals surface area contributed by atoms with E-state index in [1.807, 2.05) is 0 Å². The fraction of sp³-hybridized carbons (Fsp3) is 0.250. The van der Waals surface area contributed by atoms with E-state index in [2.05, 4.69) is 6.58 Å². The van der Waals surface area contributed by atoms with Crippen LogP contribution in [0, 0.1) is 0 Å². The molecule has 5 nitrogen and oxygen atoms in total. The zero-order valence-electron chi connectivity index (χ0n) is 10.4. The number of benzene rings is 1. The molecule has 0 spiro atoms. The quantitative estimate of drug-likeness (QED) is 0.845. The summed E-state index contributed by atoms with van der Waals surface area (Å²) in [6, 6.07) is 2.31. The monoisotopic (exact) mass is 304 g/mol. The van der Waals surface area contributed by atoms with E-state index in [1.54, 1.807) is 0 Å². The zero-order valence-corrected chi connectivity index (χ0v) is 12.0. The summed E-state index contributed by atoms with van der Waals surface area (Å²) < 4.78 is 29.5. The number of rotatable bonds is 5. The van der Waals surface area contributed by atoms with Gasteiger partial charge >= 0.3 is 5.97 Å². The topological polar surface area (TPSA) is 80.7 Å². The van der Waals surface area contributed by atoms with Crippen molar-refractivity contribution in [2.24, 2.45) is 0 Å². The van der Waals surface area contributed by atoms with Gasteiger partial charge in [0, 0.05) is 5.02 Å². The summed E-state index contributed by atoms with van der Waals surface area (Å²) >= 11 is 5.77. The van der Waals surface area contributed by atoms with Gasteiger partial charge in [-0.1, -0.05) is 17.7 Å². The first-order valence-electron chi connectivity index (χ1n) is 5.23. The van der Waals surface area contributed by atoms with Crippen LogP contribution in [-0.4, -0.2) is 31.9 Å². The Balaban J connectivity index is 3.69. The molecule has 1 N–H and O–H groups in total. The van der Waals surface area contributed by atoms with Crippen LogP contribution in [0.15, 0.2) is 29.7 Å². The van der Waals surface area contributed by atoms with Crippen molar-refractivity contribution < 1.29 is 23.1 Å². The van der Waals surface area contributed by atoms with Crippen molar-refractivity contribution in [1.29, 1.82) is 0 Å². The average Bonchev–Trinajstić information content (AvgIpc) is 2.36. The van der Waals surface area contributed by atoms with Crippen LogP contribution in [-0.2, 0) is 9.84 Å². The van der Waals surface area contributed by atoms with Crippen LogP contribution in [0.2, 0.25) is 5.02 Å². The van der Waals surface area contributed by atoms with E-state index in [0.29, 0.717) is 0 Å². The lowest BCUT2D eigenvalue weighted by atomic mass is 10.2. The molecule has 1 aromatic carbocycles. The number of aromatic carboxylic acids is 1. The van der Waals surface area contributed by atoms with Crippen molar-refractivity contribution in [2.45, 2.75) is 17.1 Å². The number of carboxylic acids is 1. The smallest absolute Gasteiger partial charge is 0.339 e. The molecule has 19 heavy (non-hydrogen) atoms. The fourth-order valence-corrected chi connectivity index (χ4v) is 3.16. The first kappa shape index (κ1) is 15.5. The minimum atomic E-state index is -3.80. The molecule has 7 heteroatoms.